The van der Waals surface area contributed by atoms with Crippen molar-refractivity contribution in [3.63, 3.8) is 0 Å². The van der Waals surface area contributed by atoms with Gasteiger partial charge in [0.15, 0.2) is 0 Å². The number of carbonyl (C=O) groups excluding carboxylic acids is 2. The van der Waals surface area contributed by atoms with E-state index in [0.717, 1.165) is 17.5 Å². The van der Waals surface area contributed by atoms with Crippen LogP contribution in [0.2, 0.25) is 10.0 Å². The van der Waals surface area contributed by atoms with Crippen LogP contribution in [0, 0.1) is 0 Å². The summed E-state index contributed by atoms with van der Waals surface area (Å²) in [5.74, 6) is 0.822. The molecule has 0 aliphatic rings. The Bertz CT molecular complexity index is 880. The van der Waals surface area contributed by atoms with Crippen LogP contribution in [-0.4, -0.2) is 41.1 Å². The third-order valence-corrected chi connectivity index (χ3v) is 7.08. The standard InChI is InChI=1S/C25H32Cl2N2O2S/c1-4-18(3)28-25(31)23(5-2)29(14-13-19-9-7-6-8-10-19)24(30)17-32-16-20-11-12-21(26)22(27)15-20/h6-12,15,18,23H,4-5,13-14,16-17H2,1-3H3,(H,28,31)/t18-,23-/m0/s1. The summed E-state index contributed by atoms with van der Waals surface area (Å²) in [6.07, 6.45) is 2.12. The Balaban J connectivity index is 2.07. The van der Waals surface area contributed by atoms with Crippen LogP contribution in [0.25, 0.3) is 0 Å². The molecule has 0 unspecified atom stereocenters. The maximum atomic E-state index is 13.2. The van der Waals surface area contributed by atoms with Gasteiger partial charge in [0.1, 0.15) is 6.04 Å². The van der Waals surface area contributed by atoms with Gasteiger partial charge in [-0.1, -0.05) is 73.4 Å². The number of amides is 2. The molecule has 2 aromatic carbocycles. The molecule has 0 aliphatic carbocycles. The second kappa shape index (κ2) is 13.8. The Morgan fingerprint density at radius 3 is 2.34 bits per heavy atom. The van der Waals surface area contributed by atoms with Crippen LogP contribution in [0.15, 0.2) is 48.5 Å². The van der Waals surface area contributed by atoms with E-state index < -0.39 is 6.04 Å². The largest absolute Gasteiger partial charge is 0.352 e. The fourth-order valence-electron chi connectivity index (χ4n) is 3.31. The van der Waals surface area contributed by atoms with E-state index in [9.17, 15) is 9.59 Å². The zero-order chi connectivity index (χ0) is 23.5. The molecule has 32 heavy (non-hydrogen) atoms. The van der Waals surface area contributed by atoms with Gasteiger partial charge in [0.25, 0.3) is 0 Å². The highest BCUT2D eigenvalue weighted by molar-refractivity contribution is 7.99. The van der Waals surface area contributed by atoms with Crippen molar-refractivity contribution in [2.24, 2.45) is 0 Å². The second-order valence-electron chi connectivity index (χ2n) is 7.81. The number of carbonyl (C=O) groups is 2. The molecule has 0 spiro atoms. The average Bonchev–Trinajstić information content (AvgIpc) is 2.79. The van der Waals surface area contributed by atoms with Gasteiger partial charge in [0.05, 0.1) is 15.8 Å². The van der Waals surface area contributed by atoms with Crippen molar-refractivity contribution in [2.75, 3.05) is 12.3 Å². The first-order valence-electron chi connectivity index (χ1n) is 11.0. The highest BCUT2D eigenvalue weighted by Gasteiger charge is 2.28. The van der Waals surface area contributed by atoms with Gasteiger partial charge in [-0.05, 0) is 49.4 Å². The van der Waals surface area contributed by atoms with Crippen LogP contribution >= 0.6 is 35.0 Å². The van der Waals surface area contributed by atoms with E-state index in [2.05, 4.69) is 5.32 Å². The molecule has 4 nitrogen and oxygen atoms in total. The van der Waals surface area contributed by atoms with Gasteiger partial charge < -0.3 is 10.2 Å². The van der Waals surface area contributed by atoms with Gasteiger partial charge in [0.2, 0.25) is 11.8 Å². The summed E-state index contributed by atoms with van der Waals surface area (Å²) in [6, 6.07) is 15.1. The van der Waals surface area contributed by atoms with Crippen molar-refractivity contribution in [1.29, 1.82) is 0 Å². The van der Waals surface area contributed by atoms with E-state index in [1.807, 2.05) is 63.2 Å². The molecular weight excluding hydrogens is 463 g/mol. The predicted molar refractivity (Wildman–Crippen MR) is 136 cm³/mol. The number of nitrogens with zero attached hydrogens (tertiary/aromatic N) is 1. The molecule has 7 heteroatoms. The molecule has 0 saturated carbocycles. The van der Waals surface area contributed by atoms with Crippen LogP contribution in [0.1, 0.15) is 44.7 Å². The SMILES string of the molecule is CC[C@H](C)NC(=O)[C@H](CC)N(CCc1ccccc1)C(=O)CSCc1ccc(Cl)c(Cl)c1. The minimum atomic E-state index is -0.481. The molecule has 0 saturated heterocycles. The summed E-state index contributed by atoms with van der Waals surface area (Å²) in [6.45, 7) is 6.47. The van der Waals surface area contributed by atoms with Gasteiger partial charge in [-0.2, -0.15) is 0 Å². The Hall–Kier alpha value is -1.69. The summed E-state index contributed by atoms with van der Waals surface area (Å²) in [5, 5.41) is 4.06. The summed E-state index contributed by atoms with van der Waals surface area (Å²) in [7, 11) is 0. The zero-order valence-electron chi connectivity index (χ0n) is 18.9. The summed E-state index contributed by atoms with van der Waals surface area (Å²) >= 11 is 13.6. The first-order chi connectivity index (χ1) is 15.3. The van der Waals surface area contributed by atoms with Gasteiger partial charge >= 0.3 is 0 Å². The van der Waals surface area contributed by atoms with Crippen molar-refractivity contribution in [3.05, 3.63) is 69.7 Å². The fourth-order valence-corrected chi connectivity index (χ4v) is 4.48. The highest BCUT2D eigenvalue weighted by atomic mass is 35.5. The number of thioether (sulfide) groups is 1. The normalized spacial score (nSPS) is 12.8. The Labute approximate surface area is 206 Å². The molecule has 2 rings (SSSR count). The van der Waals surface area contributed by atoms with Crippen molar-refractivity contribution >= 4 is 46.8 Å². The minimum Gasteiger partial charge on any atom is -0.352 e. The molecule has 0 fully saturated rings. The molecule has 2 aromatic rings. The lowest BCUT2D eigenvalue weighted by molar-refractivity contribution is -0.139. The van der Waals surface area contributed by atoms with E-state index in [1.54, 1.807) is 11.0 Å². The lowest BCUT2D eigenvalue weighted by Gasteiger charge is -2.31. The molecule has 1 N–H and O–H groups in total. The van der Waals surface area contributed by atoms with Crippen molar-refractivity contribution in [2.45, 2.75) is 57.9 Å². The van der Waals surface area contributed by atoms with Gasteiger partial charge in [-0.15, -0.1) is 11.8 Å². The van der Waals surface area contributed by atoms with Gasteiger partial charge in [0, 0.05) is 18.3 Å². The maximum absolute atomic E-state index is 13.2. The number of nitrogens with one attached hydrogen (secondary N) is 1. The quantitative estimate of drug-likeness (QED) is 0.394. The molecular formula is C25H32Cl2N2O2S. The third kappa shape index (κ3) is 8.34. The van der Waals surface area contributed by atoms with Crippen LogP contribution in [0.3, 0.4) is 0 Å². The molecule has 0 radical (unpaired) electrons. The minimum absolute atomic E-state index is 0.0304. The molecule has 0 heterocycles. The molecule has 0 aromatic heterocycles. The molecule has 174 valence electrons. The van der Waals surface area contributed by atoms with E-state index >= 15 is 0 Å². The van der Waals surface area contributed by atoms with E-state index in [4.69, 9.17) is 23.2 Å². The summed E-state index contributed by atoms with van der Waals surface area (Å²) < 4.78 is 0. The molecule has 2 atom stereocenters. The Morgan fingerprint density at radius 2 is 1.72 bits per heavy atom. The number of rotatable bonds is 12. The summed E-state index contributed by atoms with van der Waals surface area (Å²) in [4.78, 5) is 27.9. The van der Waals surface area contributed by atoms with Gasteiger partial charge in [-0.3, -0.25) is 9.59 Å². The van der Waals surface area contributed by atoms with Crippen molar-refractivity contribution in [3.8, 4) is 0 Å². The topological polar surface area (TPSA) is 49.4 Å². The number of hydrogen-bond donors (Lipinski definition) is 1. The fraction of sp³-hybridized carbons (Fsp3) is 0.440. The number of halogens is 2. The van der Waals surface area contributed by atoms with Crippen LogP contribution in [0.5, 0.6) is 0 Å². The van der Waals surface area contributed by atoms with Gasteiger partial charge in [-0.25, -0.2) is 0 Å². The first kappa shape index (κ1) is 26.6. The average molecular weight is 496 g/mol. The van der Waals surface area contributed by atoms with E-state index in [1.165, 1.54) is 11.8 Å². The maximum Gasteiger partial charge on any atom is 0.243 e. The molecule has 2 amide bonds. The zero-order valence-corrected chi connectivity index (χ0v) is 21.3. The lowest BCUT2D eigenvalue weighted by atomic mass is 10.1. The van der Waals surface area contributed by atoms with Crippen molar-refractivity contribution < 1.29 is 9.59 Å². The Morgan fingerprint density at radius 1 is 1.00 bits per heavy atom. The summed E-state index contributed by atoms with van der Waals surface area (Å²) in [5.41, 5.74) is 2.15. The van der Waals surface area contributed by atoms with Crippen LogP contribution < -0.4 is 5.32 Å². The first-order valence-corrected chi connectivity index (χ1v) is 12.9. The third-order valence-electron chi connectivity index (χ3n) is 5.35. The number of hydrogen-bond acceptors (Lipinski definition) is 3. The second-order valence-corrected chi connectivity index (χ2v) is 9.61. The molecule has 0 bridgehead atoms. The lowest BCUT2D eigenvalue weighted by Crippen LogP contribution is -2.52. The van der Waals surface area contributed by atoms with Crippen LogP contribution in [0.4, 0.5) is 0 Å². The van der Waals surface area contributed by atoms with Crippen molar-refractivity contribution in [1.82, 2.24) is 10.2 Å². The predicted octanol–water partition coefficient (Wildman–Crippen LogP) is 5.99. The molecule has 0 aliphatic heterocycles. The smallest absolute Gasteiger partial charge is 0.243 e. The van der Waals surface area contributed by atoms with E-state index in [-0.39, 0.29) is 17.9 Å². The highest BCUT2D eigenvalue weighted by Crippen LogP contribution is 2.25. The van der Waals surface area contributed by atoms with E-state index in [0.29, 0.717) is 40.9 Å². The monoisotopic (exact) mass is 494 g/mol. The Kier molecular flexibility index (Phi) is 11.4. The van der Waals surface area contributed by atoms with Crippen LogP contribution in [-0.2, 0) is 21.8 Å². The number of benzene rings is 2.